The molecule has 1 aromatic heterocycles. The molecule has 23 heavy (non-hydrogen) atoms. The molecular weight excluding hydrogens is 304 g/mol. The van der Waals surface area contributed by atoms with Crippen molar-refractivity contribution in [2.45, 2.75) is 32.1 Å². The first-order valence-electron chi connectivity index (χ1n) is 7.95. The van der Waals surface area contributed by atoms with Crippen molar-refractivity contribution in [2.24, 2.45) is 4.99 Å². The topological polar surface area (TPSA) is 49.3 Å². The second-order valence-electron chi connectivity index (χ2n) is 5.99. The summed E-state index contributed by atoms with van der Waals surface area (Å²) in [5.41, 5.74) is 1.00. The molecule has 0 unspecified atom stereocenters. The van der Waals surface area contributed by atoms with Gasteiger partial charge in [-0.15, -0.1) is 0 Å². The number of pyridine rings is 1. The maximum atomic E-state index is 4.69. The highest BCUT2D eigenvalue weighted by Crippen LogP contribution is 2.19. The normalized spacial score (nSPS) is 12.4. The zero-order valence-corrected chi connectivity index (χ0v) is 15.2. The number of aliphatic imine (C=N–C) groups is 1. The minimum Gasteiger partial charge on any atom is -0.357 e. The van der Waals surface area contributed by atoms with Gasteiger partial charge in [-0.25, -0.2) is 4.99 Å². The van der Waals surface area contributed by atoms with Crippen LogP contribution in [0.1, 0.15) is 26.5 Å². The Morgan fingerprint density at radius 1 is 1.22 bits per heavy atom. The molecule has 124 valence electrons. The molecule has 0 aliphatic rings. The zero-order valence-electron chi connectivity index (χ0n) is 14.4. The molecule has 0 bridgehead atoms. The lowest BCUT2D eigenvalue weighted by Gasteiger charge is -2.23. The number of guanidine groups is 1. The Bertz CT molecular complexity index is 662. The van der Waals surface area contributed by atoms with Gasteiger partial charge in [0.1, 0.15) is 0 Å². The second kappa shape index (κ2) is 8.20. The first-order chi connectivity index (χ1) is 11.1. The molecule has 0 fully saturated rings. The number of thioether (sulfide) groups is 1. The molecule has 2 rings (SSSR count). The Morgan fingerprint density at radius 2 is 2.00 bits per heavy atom. The molecule has 0 saturated carbocycles. The third-order valence-corrected chi connectivity index (χ3v) is 4.97. The van der Waals surface area contributed by atoms with Crippen LogP contribution >= 0.6 is 11.8 Å². The second-order valence-corrected chi connectivity index (χ2v) is 7.50. The molecule has 0 radical (unpaired) electrons. The summed E-state index contributed by atoms with van der Waals surface area (Å²) in [5, 5.41) is 9.09. The molecule has 2 N–H and O–H groups in total. The molecular formula is C18H26N4S. The van der Waals surface area contributed by atoms with Crippen LogP contribution < -0.4 is 10.6 Å². The standard InChI is InChI=1S/C18H26N4S/c1-5-19-17(22-13-18(2,3)23-4)21-12-16-15-9-7-6-8-14(15)10-11-20-16/h6-11H,5,12-13H2,1-4H3,(H2,19,21,22). The van der Waals surface area contributed by atoms with Crippen molar-refractivity contribution < 1.29 is 0 Å². The Kier molecular flexibility index (Phi) is 6.28. The summed E-state index contributed by atoms with van der Waals surface area (Å²) in [5.74, 6) is 0.837. The van der Waals surface area contributed by atoms with Crippen molar-refractivity contribution >= 4 is 28.5 Å². The van der Waals surface area contributed by atoms with E-state index in [1.54, 1.807) is 0 Å². The number of rotatable bonds is 6. The third kappa shape index (κ3) is 5.13. The minimum absolute atomic E-state index is 0.174. The molecule has 1 aromatic carbocycles. The average Bonchev–Trinajstić information content (AvgIpc) is 2.57. The van der Waals surface area contributed by atoms with Crippen molar-refractivity contribution in [3.05, 3.63) is 42.2 Å². The van der Waals surface area contributed by atoms with Gasteiger partial charge >= 0.3 is 0 Å². The van der Waals surface area contributed by atoms with E-state index in [-0.39, 0.29) is 4.75 Å². The van der Waals surface area contributed by atoms with E-state index in [1.165, 1.54) is 10.8 Å². The van der Waals surface area contributed by atoms with E-state index in [0.717, 1.165) is 24.7 Å². The molecule has 0 amide bonds. The van der Waals surface area contributed by atoms with E-state index in [4.69, 9.17) is 4.99 Å². The van der Waals surface area contributed by atoms with Crippen molar-refractivity contribution in [1.82, 2.24) is 15.6 Å². The van der Waals surface area contributed by atoms with Crippen molar-refractivity contribution in [3.8, 4) is 0 Å². The van der Waals surface area contributed by atoms with E-state index in [9.17, 15) is 0 Å². The SMILES string of the molecule is CCNC(=NCc1nccc2ccccc12)NCC(C)(C)SC. The van der Waals surface area contributed by atoms with Crippen LogP contribution in [0, 0.1) is 0 Å². The van der Waals surface area contributed by atoms with E-state index in [1.807, 2.05) is 36.2 Å². The van der Waals surface area contributed by atoms with E-state index >= 15 is 0 Å². The number of benzene rings is 1. The van der Waals surface area contributed by atoms with Gasteiger partial charge in [-0.3, -0.25) is 4.98 Å². The largest absolute Gasteiger partial charge is 0.357 e. The summed E-state index contributed by atoms with van der Waals surface area (Å²) in [6.45, 7) is 8.79. The molecule has 0 spiro atoms. The van der Waals surface area contributed by atoms with E-state index in [2.05, 4.69) is 54.8 Å². The number of hydrogen-bond acceptors (Lipinski definition) is 3. The third-order valence-electron chi connectivity index (χ3n) is 3.72. The van der Waals surface area contributed by atoms with Crippen LogP contribution in [0.25, 0.3) is 10.8 Å². The van der Waals surface area contributed by atoms with Crippen LogP contribution in [-0.2, 0) is 6.54 Å². The molecule has 0 aliphatic carbocycles. The number of nitrogens with zero attached hydrogens (tertiary/aromatic N) is 2. The average molecular weight is 331 g/mol. The van der Waals surface area contributed by atoms with Crippen molar-refractivity contribution in [1.29, 1.82) is 0 Å². The van der Waals surface area contributed by atoms with Crippen LogP contribution in [0.5, 0.6) is 0 Å². The summed E-state index contributed by atoms with van der Waals surface area (Å²) in [6, 6.07) is 10.3. The highest BCUT2D eigenvalue weighted by molar-refractivity contribution is 7.99. The first-order valence-corrected chi connectivity index (χ1v) is 9.18. The van der Waals surface area contributed by atoms with Gasteiger partial charge in [-0.05, 0) is 38.5 Å². The van der Waals surface area contributed by atoms with Gasteiger partial charge in [0, 0.05) is 29.4 Å². The smallest absolute Gasteiger partial charge is 0.191 e. The molecule has 4 nitrogen and oxygen atoms in total. The van der Waals surface area contributed by atoms with Gasteiger partial charge in [-0.2, -0.15) is 11.8 Å². The first kappa shape index (κ1) is 17.6. The number of aromatic nitrogens is 1. The highest BCUT2D eigenvalue weighted by Gasteiger charge is 2.16. The van der Waals surface area contributed by atoms with Gasteiger partial charge in [0.25, 0.3) is 0 Å². The van der Waals surface area contributed by atoms with E-state index in [0.29, 0.717) is 6.54 Å². The zero-order chi connectivity index (χ0) is 16.7. The molecule has 5 heteroatoms. The Labute approximate surface area is 143 Å². The minimum atomic E-state index is 0.174. The summed E-state index contributed by atoms with van der Waals surface area (Å²) in [6.07, 6.45) is 3.98. The monoisotopic (exact) mass is 330 g/mol. The molecule has 0 atom stereocenters. The van der Waals surface area contributed by atoms with Crippen molar-refractivity contribution in [3.63, 3.8) is 0 Å². The summed E-state index contributed by atoms with van der Waals surface area (Å²) >= 11 is 1.85. The lowest BCUT2D eigenvalue weighted by molar-refractivity contribution is 0.664. The predicted octanol–water partition coefficient (Wildman–Crippen LogP) is 3.43. The van der Waals surface area contributed by atoms with Crippen molar-refractivity contribution in [2.75, 3.05) is 19.3 Å². The highest BCUT2D eigenvalue weighted by atomic mass is 32.2. The maximum absolute atomic E-state index is 4.69. The summed E-state index contributed by atoms with van der Waals surface area (Å²) in [4.78, 5) is 9.19. The van der Waals surface area contributed by atoms with Crippen LogP contribution in [0.3, 0.4) is 0 Å². The van der Waals surface area contributed by atoms with Gasteiger partial charge < -0.3 is 10.6 Å². The molecule has 2 aromatic rings. The van der Waals surface area contributed by atoms with Gasteiger partial charge in [0.05, 0.1) is 12.2 Å². The van der Waals surface area contributed by atoms with Gasteiger partial charge in [0.2, 0.25) is 0 Å². The fourth-order valence-corrected chi connectivity index (χ4v) is 2.39. The lowest BCUT2D eigenvalue weighted by atomic mass is 10.1. The number of nitrogens with one attached hydrogen (secondary N) is 2. The molecule has 0 aliphatic heterocycles. The quantitative estimate of drug-likeness (QED) is 0.629. The van der Waals surface area contributed by atoms with Crippen LogP contribution in [0.2, 0.25) is 0 Å². The summed E-state index contributed by atoms with van der Waals surface area (Å²) < 4.78 is 0.174. The predicted molar refractivity (Wildman–Crippen MR) is 102 cm³/mol. The maximum Gasteiger partial charge on any atom is 0.191 e. The Balaban J connectivity index is 2.13. The van der Waals surface area contributed by atoms with Gasteiger partial charge in [0.15, 0.2) is 5.96 Å². The van der Waals surface area contributed by atoms with Crippen LogP contribution in [0.4, 0.5) is 0 Å². The van der Waals surface area contributed by atoms with Crippen LogP contribution in [0.15, 0.2) is 41.5 Å². The number of fused-ring (bicyclic) bond motifs is 1. The summed E-state index contributed by atoms with van der Waals surface area (Å²) in [7, 11) is 0. The lowest BCUT2D eigenvalue weighted by Crippen LogP contribution is -2.43. The van der Waals surface area contributed by atoms with Gasteiger partial charge in [-0.1, -0.05) is 24.3 Å². The fourth-order valence-electron chi connectivity index (χ4n) is 2.17. The fraction of sp³-hybridized carbons (Fsp3) is 0.444. The van der Waals surface area contributed by atoms with E-state index < -0.39 is 0 Å². The molecule has 0 saturated heterocycles. The number of hydrogen-bond donors (Lipinski definition) is 2. The van der Waals surface area contributed by atoms with Crippen LogP contribution in [-0.4, -0.2) is 35.0 Å². The molecule has 1 heterocycles. The Morgan fingerprint density at radius 3 is 2.74 bits per heavy atom. The Hall–Kier alpha value is -1.75.